The maximum Gasteiger partial charge on any atom is 0.204 e. The number of aromatic nitrogens is 4. The molecule has 82 valence electrons. The van der Waals surface area contributed by atoms with Crippen molar-refractivity contribution in [2.75, 3.05) is 6.54 Å². The first kappa shape index (κ1) is 9.47. The van der Waals surface area contributed by atoms with E-state index in [0.29, 0.717) is 17.7 Å². The van der Waals surface area contributed by atoms with Crippen molar-refractivity contribution in [3.05, 3.63) is 29.8 Å². The van der Waals surface area contributed by atoms with E-state index in [1.807, 2.05) is 12.1 Å². The predicted molar refractivity (Wildman–Crippen MR) is 59.5 cm³/mol. The number of H-pyrrole nitrogens is 1. The van der Waals surface area contributed by atoms with Crippen LogP contribution in [0.5, 0.6) is 0 Å². The second-order valence-electron chi connectivity index (χ2n) is 4.20. The highest BCUT2D eigenvalue weighted by Crippen LogP contribution is 2.47. The van der Waals surface area contributed by atoms with E-state index in [9.17, 15) is 0 Å². The van der Waals surface area contributed by atoms with Gasteiger partial charge >= 0.3 is 0 Å². The molecule has 3 rings (SSSR count). The normalized spacial score (nSPS) is 23.3. The summed E-state index contributed by atoms with van der Waals surface area (Å²) >= 11 is 0. The Morgan fingerprint density at radius 2 is 2.38 bits per heavy atom. The monoisotopic (exact) mass is 215 g/mol. The smallest absolute Gasteiger partial charge is 0.204 e. The zero-order valence-corrected chi connectivity index (χ0v) is 8.80. The second kappa shape index (κ2) is 3.68. The number of hydrogen-bond donors (Lipinski definition) is 2. The van der Waals surface area contributed by atoms with E-state index in [1.54, 1.807) is 0 Å². The van der Waals surface area contributed by atoms with Gasteiger partial charge in [-0.1, -0.05) is 18.2 Å². The van der Waals surface area contributed by atoms with Crippen molar-refractivity contribution in [3.8, 4) is 11.4 Å². The van der Waals surface area contributed by atoms with Crippen LogP contribution >= 0.6 is 0 Å². The molecule has 2 atom stereocenters. The number of nitrogens with zero attached hydrogens (tertiary/aromatic N) is 3. The molecule has 0 radical (unpaired) electrons. The zero-order valence-electron chi connectivity index (χ0n) is 8.80. The fourth-order valence-corrected chi connectivity index (χ4v) is 2.11. The number of nitrogens with two attached hydrogens (primary N) is 1. The molecule has 1 aliphatic rings. The van der Waals surface area contributed by atoms with Crippen LogP contribution in [0.3, 0.4) is 0 Å². The van der Waals surface area contributed by atoms with Gasteiger partial charge in [-0.2, -0.15) is 5.21 Å². The molecule has 0 unspecified atom stereocenters. The molecule has 0 spiro atoms. The van der Waals surface area contributed by atoms with E-state index in [-0.39, 0.29) is 0 Å². The van der Waals surface area contributed by atoms with Gasteiger partial charge in [0.25, 0.3) is 0 Å². The molecule has 1 aromatic carbocycles. The fourth-order valence-electron chi connectivity index (χ4n) is 2.11. The van der Waals surface area contributed by atoms with Crippen LogP contribution in [0, 0.1) is 5.92 Å². The molecule has 0 bridgehead atoms. The lowest BCUT2D eigenvalue weighted by Gasteiger charge is -2.01. The number of rotatable bonds is 3. The van der Waals surface area contributed by atoms with E-state index in [4.69, 9.17) is 5.73 Å². The topological polar surface area (TPSA) is 80.5 Å². The minimum absolute atomic E-state index is 0.622. The molecule has 5 nitrogen and oxygen atoms in total. The van der Waals surface area contributed by atoms with Gasteiger partial charge < -0.3 is 5.73 Å². The van der Waals surface area contributed by atoms with Crippen molar-refractivity contribution in [3.63, 3.8) is 0 Å². The quantitative estimate of drug-likeness (QED) is 0.798. The lowest BCUT2D eigenvalue weighted by Crippen LogP contribution is -2.01. The van der Waals surface area contributed by atoms with E-state index in [1.165, 1.54) is 12.0 Å². The molecule has 0 amide bonds. The number of tetrazole rings is 1. The average Bonchev–Trinajstić information content (AvgIpc) is 2.93. The van der Waals surface area contributed by atoms with Gasteiger partial charge in [-0.3, -0.25) is 0 Å². The van der Waals surface area contributed by atoms with Crippen molar-refractivity contribution >= 4 is 0 Å². The summed E-state index contributed by atoms with van der Waals surface area (Å²) in [6.07, 6.45) is 1.20. The van der Waals surface area contributed by atoms with Crippen molar-refractivity contribution in [2.45, 2.75) is 12.3 Å². The van der Waals surface area contributed by atoms with Gasteiger partial charge in [0, 0.05) is 5.56 Å². The van der Waals surface area contributed by atoms with Crippen LogP contribution in [0.1, 0.15) is 17.9 Å². The number of benzene rings is 1. The number of aromatic amines is 1. The van der Waals surface area contributed by atoms with Crippen LogP contribution in [-0.4, -0.2) is 27.2 Å². The Labute approximate surface area is 93.1 Å². The first-order chi connectivity index (χ1) is 7.88. The molecule has 0 aliphatic heterocycles. The standard InChI is InChI=1S/C11H13N5/c12-6-9-5-10(9)7-2-1-3-8(4-7)11-13-15-16-14-11/h1-4,9-10H,5-6,12H2,(H,13,14,15,16)/t9-,10-/m0/s1. The molecule has 1 heterocycles. The van der Waals surface area contributed by atoms with Crippen LogP contribution in [0.15, 0.2) is 24.3 Å². The van der Waals surface area contributed by atoms with Gasteiger partial charge in [0.15, 0.2) is 0 Å². The van der Waals surface area contributed by atoms with Gasteiger partial charge in [0.2, 0.25) is 5.82 Å². The Balaban J connectivity index is 1.89. The molecular weight excluding hydrogens is 202 g/mol. The third-order valence-corrected chi connectivity index (χ3v) is 3.14. The molecule has 1 saturated carbocycles. The van der Waals surface area contributed by atoms with Gasteiger partial charge in [-0.05, 0) is 41.6 Å². The van der Waals surface area contributed by atoms with Crippen LogP contribution < -0.4 is 5.73 Å². The first-order valence-corrected chi connectivity index (χ1v) is 5.42. The summed E-state index contributed by atoms with van der Waals surface area (Å²) in [6, 6.07) is 8.30. The molecule has 1 aromatic heterocycles. The molecule has 0 saturated heterocycles. The van der Waals surface area contributed by atoms with Gasteiger partial charge in [0.05, 0.1) is 0 Å². The first-order valence-electron chi connectivity index (χ1n) is 5.42. The lowest BCUT2D eigenvalue weighted by atomic mass is 10.1. The largest absolute Gasteiger partial charge is 0.330 e. The summed E-state index contributed by atoms with van der Waals surface area (Å²) in [5.41, 5.74) is 7.99. The number of nitrogens with one attached hydrogen (secondary N) is 1. The van der Waals surface area contributed by atoms with E-state index >= 15 is 0 Å². The van der Waals surface area contributed by atoms with Crippen molar-refractivity contribution in [2.24, 2.45) is 11.7 Å². The van der Waals surface area contributed by atoms with E-state index in [2.05, 4.69) is 32.8 Å². The predicted octanol–water partition coefficient (Wildman–Crippen LogP) is 0.929. The highest BCUT2D eigenvalue weighted by Gasteiger charge is 2.36. The van der Waals surface area contributed by atoms with Crippen molar-refractivity contribution in [1.29, 1.82) is 0 Å². The fraction of sp³-hybridized carbons (Fsp3) is 0.364. The summed E-state index contributed by atoms with van der Waals surface area (Å²) < 4.78 is 0. The zero-order chi connectivity index (χ0) is 11.0. The third-order valence-electron chi connectivity index (χ3n) is 3.14. The van der Waals surface area contributed by atoms with E-state index < -0.39 is 0 Å². The Bertz CT molecular complexity index is 479. The molecule has 3 N–H and O–H groups in total. The van der Waals surface area contributed by atoms with Crippen molar-refractivity contribution < 1.29 is 0 Å². The molecular formula is C11H13N5. The van der Waals surface area contributed by atoms with Crippen molar-refractivity contribution in [1.82, 2.24) is 20.6 Å². The summed E-state index contributed by atoms with van der Waals surface area (Å²) in [5, 5.41) is 14.0. The van der Waals surface area contributed by atoms with Gasteiger partial charge in [-0.25, -0.2) is 0 Å². The summed E-state index contributed by atoms with van der Waals surface area (Å²) in [6.45, 7) is 0.775. The average molecular weight is 215 g/mol. The summed E-state index contributed by atoms with van der Waals surface area (Å²) in [5.74, 6) is 1.92. The number of hydrogen-bond acceptors (Lipinski definition) is 4. The Kier molecular flexibility index (Phi) is 2.18. The van der Waals surface area contributed by atoms with Crippen LogP contribution in [-0.2, 0) is 0 Å². The minimum Gasteiger partial charge on any atom is -0.330 e. The highest BCUT2D eigenvalue weighted by molar-refractivity contribution is 5.55. The Hall–Kier alpha value is -1.75. The minimum atomic E-state index is 0.622. The maximum absolute atomic E-state index is 5.65. The lowest BCUT2D eigenvalue weighted by molar-refractivity contribution is 0.810. The molecule has 1 fully saturated rings. The second-order valence-corrected chi connectivity index (χ2v) is 4.20. The molecule has 16 heavy (non-hydrogen) atoms. The third kappa shape index (κ3) is 1.59. The van der Waals surface area contributed by atoms with Crippen LogP contribution in [0.2, 0.25) is 0 Å². The summed E-state index contributed by atoms with van der Waals surface area (Å²) in [7, 11) is 0. The highest BCUT2D eigenvalue weighted by atomic mass is 15.5. The SMILES string of the molecule is NC[C@@H]1C[C@H]1c1cccc(-c2nn[nH]n2)c1. The van der Waals surface area contributed by atoms with Gasteiger partial charge in [0.1, 0.15) is 0 Å². The Morgan fingerprint density at radius 3 is 3.06 bits per heavy atom. The molecule has 5 heteroatoms. The Morgan fingerprint density at radius 1 is 1.44 bits per heavy atom. The van der Waals surface area contributed by atoms with Crippen LogP contribution in [0.25, 0.3) is 11.4 Å². The van der Waals surface area contributed by atoms with Gasteiger partial charge in [-0.15, -0.1) is 10.2 Å². The summed E-state index contributed by atoms with van der Waals surface area (Å²) in [4.78, 5) is 0. The van der Waals surface area contributed by atoms with Crippen LogP contribution in [0.4, 0.5) is 0 Å². The van der Waals surface area contributed by atoms with E-state index in [0.717, 1.165) is 12.1 Å². The molecule has 1 aliphatic carbocycles. The maximum atomic E-state index is 5.65. The molecule has 2 aromatic rings.